The third-order valence-electron chi connectivity index (χ3n) is 4.97. The number of benzene rings is 1. The minimum Gasteiger partial charge on any atom is -0.480 e. The molecule has 1 aromatic rings. The molecule has 4 atom stereocenters. The summed E-state index contributed by atoms with van der Waals surface area (Å²) in [5, 5.41) is 12.0. The Morgan fingerprint density at radius 2 is 2.00 bits per heavy atom. The molecule has 2 bridgehead atoms. The molecular weight excluding hydrogens is 282 g/mol. The Bertz CT molecular complexity index is 545. The molecule has 0 saturated heterocycles. The maximum absolute atomic E-state index is 11.9. The molecule has 118 valence electrons. The lowest BCUT2D eigenvalue weighted by molar-refractivity contribution is -0.141. The van der Waals surface area contributed by atoms with Crippen LogP contribution in [0.2, 0.25) is 0 Å². The van der Waals surface area contributed by atoms with E-state index in [-0.39, 0.29) is 12.5 Å². The van der Waals surface area contributed by atoms with Gasteiger partial charge in [0, 0.05) is 0 Å². The average Bonchev–Trinajstić information content (AvgIpc) is 3.14. The minimum absolute atomic E-state index is 0.0422. The highest BCUT2D eigenvalue weighted by Crippen LogP contribution is 2.49. The van der Waals surface area contributed by atoms with Crippen LogP contribution < -0.4 is 5.32 Å². The number of nitrogens with one attached hydrogen (secondary N) is 1. The van der Waals surface area contributed by atoms with Crippen molar-refractivity contribution in [2.45, 2.75) is 38.3 Å². The monoisotopic (exact) mass is 303 g/mol. The molecule has 0 aliphatic heterocycles. The number of fused-ring (bicyclic) bond motifs is 2. The predicted molar refractivity (Wildman–Crippen MR) is 80.1 cm³/mol. The number of carboxylic acids is 1. The van der Waals surface area contributed by atoms with E-state index in [1.807, 2.05) is 30.3 Å². The molecule has 0 heterocycles. The average molecular weight is 303 g/mol. The molecule has 2 aliphatic rings. The van der Waals surface area contributed by atoms with E-state index in [2.05, 4.69) is 5.32 Å². The number of ether oxygens (including phenoxy) is 1. The Balaban J connectivity index is 1.55. The Morgan fingerprint density at radius 3 is 2.59 bits per heavy atom. The summed E-state index contributed by atoms with van der Waals surface area (Å²) in [7, 11) is 0. The predicted octanol–water partition coefficient (Wildman–Crippen LogP) is 2.80. The number of hydrogen-bond donors (Lipinski definition) is 2. The number of carboxylic acid groups (broad SMARTS) is 1. The summed E-state index contributed by atoms with van der Waals surface area (Å²) in [6.45, 7) is 0.149. The lowest BCUT2D eigenvalue weighted by Crippen LogP contribution is -2.47. The highest BCUT2D eigenvalue weighted by Gasteiger charge is 2.46. The zero-order valence-electron chi connectivity index (χ0n) is 12.4. The molecule has 2 fully saturated rings. The molecule has 0 spiro atoms. The van der Waals surface area contributed by atoms with Gasteiger partial charge in [0.1, 0.15) is 12.6 Å². The molecule has 1 amide bonds. The van der Waals surface area contributed by atoms with Crippen molar-refractivity contribution in [3.63, 3.8) is 0 Å². The van der Waals surface area contributed by atoms with Gasteiger partial charge in [-0.3, -0.25) is 0 Å². The van der Waals surface area contributed by atoms with Gasteiger partial charge in [-0.05, 0) is 42.6 Å². The number of rotatable bonds is 5. The second kappa shape index (κ2) is 6.38. The standard InChI is InChI=1S/C17H21NO4/c19-16(20)15(14-9-12-6-7-13(14)8-12)18-17(21)22-10-11-4-2-1-3-5-11/h1-5,12-15H,6-10H2,(H,18,21)(H,19,20). The van der Waals surface area contributed by atoms with E-state index in [0.717, 1.165) is 24.8 Å². The molecular formula is C17H21NO4. The number of aliphatic carboxylic acids is 1. The topological polar surface area (TPSA) is 75.6 Å². The lowest BCUT2D eigenvalue weighted by atomic mass is 9.83. The third kappa shape index (κ3) is 3.24. The van der Waals surface area contributed by atoms with Crippen molar-refractivity contribution in [3.8, 4) is 0 Å². The molecule has 2 saturated carbocycles. The summed E-state index contributed by atoms with van der Waals surface area (Å²) >= 11 is 0. The lowest BCUT2D eigenvalue weighted by Gasteiger charge is -2.27. The van der Waals surface area contributed by atoms with Crippen LogP contribution in [0.25, 0.3) is 0 Å². The molecule has 3 rings (SSSR count). The second-order valence-electron chi connectivity index (χ2n) is 6.36. The summed E-state index contributed by atoms with van der Waals surface area (Å²) in [6.07, 6.45) is 3.64. The highest BCUT2D eigenvalue weighted by atomic mass is 16.5. The fourth-order valence-corrected chi connectivity index (χ4v) is 3.95. The van der Waals surface area contributed by atoms with E-state index in [1.54, 1.807) is 0 Å². The van der Waals surface area contributed by atoms with Crippen molar-refractivity contribution in [2.24, 2.45) is 17.8 Å². The second-order valence-corrected chi connectivity index (χ2v) is 6.36. The van der Waals surface area contributed by atoms with E-state index in [1.165, 1.54) is 6.42 Å². The van der Waals surface area contributed by atoms with E-state index in [9.17, 15) is 14.7 Å². The Hall–Kier alpha value is -2.04. The van der Waals surface area contributed by atoms with E-state index in [4.69, 9.17) is 4.74 Å². The first-order valence-corrected chi connectivity index (χ1v) is 7.83. The van der Waals surface area contributed by atoms with Crippen LogP contribution in [0.5, 0.6) is 0 Å². The van der Waals surface area contributed by atoms with E-state index in [0.29, 0.717) is 11.8 Å². The number of hydrogen-bond acceptors (Lipinski definition) is 3. The van der Waals surface area contributed by atoms with Gasteiger partial charge in [0.25, 0.3) is 0 Å². The van der Waals surface area contributed by atoms with Crippen LogP contribution in [0.15, 0.2) is 30.3 Å². The van der Waals surface area contributed by atoms with Crippen molar-refractivity contribution in [1.82, 2.24) is 5.32 Å². The quantitative estimate of drug-likeness (QED) is 0.877. The molecule has 22 heavy (non-hydrogen) atoms. The largest absolute Gasteiger partial charge is 0.480 e. The Morgan fingerprint density at radius 1 is 1.23 bits per heavy atom. The third-order valence-corrected chi connectivity index (χ3v) is 4.97. The fraction of sp³-hybridized carbons (Fsp3) is 0.529. The molecule has 2 N–H and O–H groups in total. The van der Waals surface area contributed by atoms with Gasteiger partial charge in [0.2, 0.25) is 0 Å². The van der Waals surface area contributed by atoms with Crippen LogP contribution in [-0.2, 0) is 16.1 Å². The number of amides is 1. The SMILES string of the molecule is O=C(NC(C(=O)O)C1CC2CCC1C2)OCc1ccccc1. The van der Waals surface area contributed by atoms with Gasteiger partial charge in [-0.1, -0.05) is 36.8 Å². The summed E-state index contributed by atoms with van der Waals surface area (Å²) in [5.41, 5.74) is 0.879. The molecule has 4 unspecified atom stereocenters. The van der Waals surface area contributed by atoms with Crippen LogP contribution >= 0.6 is 0 Å². The Labute approximate surface area is 129 Å². The van der Waals surface area contributed by atoms with Gasteiger partial charge >= 0.3 is 12.1 Å². The van der Waals surface area contributed by atoms with Gasteiger partial charge in [-0.25, -0.2) is 9.59 Å². The summed E-state index contributed by atoms with van der Waals surface area (Å²) < 4.78 is 5.14. The van der Waals surface area contributed by atoms with Crippen LogP contribution in [0, 0.1) is 17.8 Å². The zero-order chi connectivity index (χ0) is 15.5. The normalized spacial score (nSPS) is 27.4. The van der Waals surface area contributed by atoms with E-state index >= 15 is 0 Å². The molecule has 5 heteroatoms. The first kappa shape index (κ1) is 14.9. The van der Waals surface area contributed by atoms with Gasteiger partial charge in [-0.2, -0.15) is 0 Å². The zero-order valence-corrected chi connectivity index (χ0v) is 12.4. The van der Waals surface area contributed by atoms with Crippen LogP contribution in [0.4, 0.5) is 4.79 Å². The smallest absolute Gasteiger partial charge is 0.408 e. The van der Waals surface area contributed by atoms with Crippen molar-refractivity contribution < 1.29 is 19.4 Å². The van der Waals surface area contributed by atoms with E-state index < -0.39 is 18.1 Å². The van der Waals surface area contributed by atoms with Gasteiger partial charge in [-0.15, -0.1) is 0 Å². The van der Waals surface area contributed by atoms with Crippen LogP contribution in [-0.4, -0.2) is 23.2 Å². The molecule has 2 aliphatic carbocycles. The Kier molecular flexibility index (Phi) is 4.32. The summed E-state index contributed by atoms with van der Waals surface area (Å²) in [5.74, 6) is 0.147. The fourth-order valence-electron chi connectivity index (χ4n) is 3.95. The minimum atomic E-state index is -0.964. The first-order chi connectivity index (χ1) is 10.6. The van der Waals surface area contributed by atoms with Crippen molar-refractivity contribution in [3.05, 3.63) is 35.9 Å². The molecule has 0 radical (unpaired) electrons. The maximum Gasteiger partial charge on any atom is 0.408 e. The van der Waals surface area contributed by atoms with Crippen LogP contribution in [0.1, 0.15) is 31.2 Å². The molecule has 5 nitrogen and oxygen atoms in total. The van der Waals surface area contributed by atoms with Crippen molar-refractivity contribution in [1.29, 1.82) is 0 Å². The van der Waals surface area contributed by atoms with Crippen molar-refractivity contribution >= 4 is 12.1 Å². The first-order valence-electron chi connectivity index (χ1n) is 7.83. The van der Waals surface area contributed by atoms with Gasteiger partial charge in [0.15, 0.2) is 0 Å². The maximum atomic E-state index is 11.9. The summed E-state index contributed by atoms with van der Waals surface area (Å²) in [6, 6.07) is 8.51. The van der Waals surface area contributed by atoms with Crippen molar-refractivity contribution in [2.75, 3.05) is 0 Å². The molecule has 0 aromatic heterocycles. The summed E-state index contributed by atoms with van der Waals surface area (Å²) in [4.78, 5) is 23.4. The number of carbonyl (C=O) groups is 2. The molecule has 1 aromatic carbocycles. The van der Waals surface area contributed by atoms with Crippen LogP contribution in [0.3, 0.4) is 0 Å². The number of alkyl carbamates (subject to hydrolysis) is 1. The number of carbonyl (C=O) groups excluding carboxylic acids is 1. The van der Waals surface area contributed by atoms with Gasteiger partial charge in [0.05, 0.1) is 0 Å². The van der Waals surface area contributed by atoms with Gasteiger partial charge < -0.3 is 15.2 Å². The highest BCUT2D eigenvalue weighted by molar-refractivity contribution is 5.80.